The molecule has 0 unspecified atom stereocenters. The van der Waals surface area contributed by atoms with E-state index >= 15 is 0 Å². The smallest absolute Gasteiger partial charge is 0.319 e. The summed E-state index contributed by atoms with van der Waals surface area (Å²) in [5.41, 5.74) is 3.17. The van der Waals surface area contributed by atoms with Crippen LogP contribution in [0.1, 0.15) is 22.9 Å². The molecule has 0 fully saturated rings. The number of nitrogens with one attached hydrogen (secondary N) is 2. The van der Waals surface area contributed by atoms with Gasteiger partial charge in [0.25, 0.3) is 0 Å². The highest BCUT2D eigenvalue weighted by Crippen LogP contribution is 2.36. The van der Waals surface area contributed by atoms with Crippen LogP contribution in [0.15, 0.2) is 42.7 Å². The van der Waals surface area contributed by atoms with Crippen molar-refractivity contribution in [3.05, 3.63) is 58.7 Å². The summed E-state index contributed by atoms with van der Waals surface area (Å²) >= 11 is 1.82. The summed E-state index contributed by atoms with van der Waals surface area (Å²) in [5, 5.41) is 7.09. The molecule has 0 spiro atoms. The maximum Gasteiger partial charge on any atom is 0.319 e. The Balaban J connectivity index is 1.52. The van der Waals surface area contributed by atoms with Crippen LogP contribution >= 0.6 is 11.3 Å². The fraction of sp³-hybridized carbons (Fsp3) is 0.348. The van der Waals surface area contributed by atoms with E-state index in [1.165, 1.54) is 21.0 Å². The van der Waals surface area contributed by atoms with E-state index in [9.17, 15) is 4.79 Å². The largest absolute Gasteiger partial charge is 0.497 e. The van der Waals surface area contributed by atoms with Gasteiger partial charge in [-0.2, -0.15) is 0 Å². The molecule has 0 radical (unpaired) electrons. The van der Waals surface area contributed by atoms with Gasteiger partial charge in [-0.1, -0.05) is 6.92 Å². The summed E-state index contributed by atoms with van der Waals surface area (Å²) < 4.78 is 12.7. The number of urea groups is 1. The van der Waals surface area contributed by atoms with Gasteiger partial charge in [-0.25, -0.2) is 4.79 Å². The zero-order valence-electron chi connectivity index (χ0n) is 18.1. The summed E-state index contributed by atoms with van der Waals surface area (Å²) in [6.07, 6.45) is 5.12. The summed E-state index contributed by atoms with van der Waals surface area (Å²) in [4.78, 5) is 16.5. The number of thiophene rings is 1. The number of rotatable bonds is 7. The number of anilines is 1. The molecule has 164 valence electrons. The van der Waals surface area contributed by atoms with Crippen LogP contribution in [0.3, 0.4) is 0 Å². The minimum Gasteiger partial charge on any atom is -0.497 e. The van der Waals surface area contributed by atoms with Gasteiger partial charge in [0.1, 0.15) is 16.5 Å². The van der Waals surface area contributed by atoms with Gasteiger partial charge < -0.3 is 24.7 Å². The molecule has 7 nitrogen and oxygen atoms in total. The molecule has 1 aromatic carbocycles. The Kier molecular flexibility index (Phi) is 6.48. The maximum atomic E-state index is 12.7. The second kappa shape index (κ2) is 9.45. The number of aromatic nitrogens is 1. The van der Waals surface area contributed by atoms with Gasteiger partial charge in [0.15, 0.2) is 0 Å². The Labute approximate surface area is 186 Å². The van der Waals surface area contributed by atoms with Gasteiger partial charge in [-0.05, 0) is 42.8 Å². The number of methoxy groups -OCH3 is 2. The van der Waals surface area contributed by atoms with E-state index in [0.717, 1.165) is 26.1 Å². The van der Waals surface area contributed by atoms with Crippen LogP contribution < -0.4 is 20.1 Å². The average Bonchev–Trinajstić information content (AvgIpc) is 3.45. The number of hydrogen-bond acceptors (Lipinski definition) is 5. The molecule has 0 aliphatic carbocycles. The van der Waals surface area contributed by atoms with Crippen molar-refractivity contribution in [3.63, 3.8) is 0 Å². The van der Waals surface area contributed by atoms with Crippen molar-refractivity contribution in [3.8, 4) is 16.5 Å². The number of likely N-dealkylation sites (N-methyl/N-ethyl adjacent to an activating group) is 1. The first kappa shape index (κ1) is 21.3. The van der Waals surface area contributed by atoms with Gasteiger partial charge in [0.2, 0.25) is 0 Å². The molecule has 8 heteroatoms. The molecule has 2 aromatic heterocycles. The van der Waals surface area contributed by atoms with E-state index in [1.54, 1.807) is 32.4 Å². The minimum absolute atomic E-state index is 0.270. The Hall–Kier alpha value is -2.97. The van der Waals surface area contributed by atoms with Crippen molar-refractivity contribution in [1.29, 1.82) is 0 Å². The first-order chi connectivity index (χ1) is 15.1. The Morgan fingerprint density at radius 3 is 2.71 bits per heavy atom. The normalized spacial score (nSPS) is 13.5. The van der Waals surface area contributed by atoms with Gasteiger partial charge in [-0.15, -0.1) is 11.3 Å². The SMILES string of the molecule is CCN1CCc2c(sc(-n3cccc3)c2CNC(=O)Nc2ccc(OC)cc2OC)C1. The molecule has 1 aliphatic rings. The first-order valence-electron chi connectivity index (χ1n) is 10.4. The van der Waals surface area contributed by atoms with E-state index < -0.39 is 0 Å². The molecule has 0 saturated heterocycles. The highest BCUT2D eigenvalue weighted by atomic mass is 32.1. The molecule has 2 N–H and O–H groups in total. The summed E-state index contributed by atoms with van der Waals surface area (Å²) in [6, 6.07) is 9.08. The van der Waals surface area contributed by atoms with Gasteiger partial charge in [-0.3, -0.25) is 4.90 Å². The zero-order valence-corrected chi connectivity index (χ0v) is 18.9. The van der Waals surface area contributed by atoms with E-state index in [-0.39, 0.29) is 6.03 Å². The van der Waals surface area contributed by atoms with Crippen LogP contribution in [-0.4, -0.2) is 42.8 Å². The molecule has 31 heavy (non-hydrogen) atoms. The van der Waals surface area contributed by atoms with E-state index in [2.05, 4.69) is 39.4 Å². The van der Waals surface area contributed by atoms with E-state index in [1.807, 2.05) is 23.5 Å². The number of hydrogen-bond donors (Lipinski definition) is 2. The van der Waals surface area contributed by atoms with Crippen molar-refractivity contribution in [2.24, 2.45) is 0 Å². The number of ether oxygens (including phenoxy) is 2. The molecule has 0 saturated carbocycles. The van der Waals surface area contributed by atoms with Crippen LogP contribution in [0.25, 0.3) is 5.00 Å². The van der Waals surface area contributed by atoms with Crippen molar-refractivity contribution >= 4 is 23.1 Å². The molecule has 2 amide bonds. The number of benzene rings is 1. The van der Waals surface area contributed by atoms with Gasteiger partial charge in [0, 0.05) is 48.5 Å². The maximum absolute atomic E-state index is 12.7. The summed E-state index contributed by atoms with van der Waals surface area (Å²) in [5.74, 6) is 1.22. The van der Waals surface area contributed by atoms with Crippen LogP contribution in [-0.2, 0) is 19.5 Å². The standard InChI is InChI=1S/C23H28N4O3S/c1-4-26-12-9-17-18(22(31-21(17)15-26)27-10-5-6-11-27)14-24-23(28)25-19-8-7-16(29-2)13-20(19)30-3/h5-8,10-11,13H,4,9,12,14-15H2,1-3H3,(H2,24,25,28). The average molecular weight is 441 g/mol. The second-order valence-corrected chi connectivity index (χ2v) is 8.45. The Bertz CT molecular complexity index is 1050. The Morgan fingerprint density at radius 2 is 2.00 bits per heavy atom. The predicted octanol–water partition coefficient (Wildman–Crippen LogP) is 4.26. The molecular weight excluding hydrogens is 412 g/mol. The quantitative estimate of drug-likeness (QED) is 0.576. The van der Waals surface area contributed by atoms with Crippen LogP contribution in [0, 0.1) is 0 Å². The lowest BCUT2D eigenvalue weighted by atomic mass is 10.0. The fourth-order valence-electron chi connectivity index (χ4n) is 3.87. The number of nitrogens with zero attached hydrogens (tertiary/aromatic N) is 2. The zero-order chi connectivity index (χ0) is 21.8. The predicted molar refractivity (Wildman–Crippen MR) is 124 cm³/mol. The monoisotopic (exact) mass is 440 g/mol. The number of fused-ring (bicyclic) bond motifs is 1. The van der Waals surface area contributed by atoms with E-state index in [4.69, 9.17) is 9.47 Å². The second-order valence-electron chi connectivity index (χ2n) is 7.37. The third-order valence-corrected chi connectivity index (χ3v) is 6.87. The lowest BCUT2D eigenvalue weighted by Crippen LogP contribution is -2.31. The highest BCUT2D eigenvalue weighted by molar-refractivity contribution is 7.14. The number of carbonyl (C=O) groups is 1. The molecule has 4 rings (SSSR count). The molecule has 1 aliphatic heterocycles. The molecular formula is C23H28N4O3S. The minimum atomic E-state index is -0.270. The number of amides is 2. The summed E-state index contributed by atoms with van der Waals surface area (Å²) in [6.45, 7) is 5.74. The molecule has 3 heterocycles. The lowest BCUT2D eigenvalue weighted by Gasteiger charge is -2.25. The highest BCUT2D eigenvalue weighted by Gasteiger charge is 2.24. The molecule has 0 bridgehead atoms. The Morgan fingerprint density at radius 1 is 1.19 bits per heavy atom. The fourth-order valence-corrected chi connectivity index (χ4v) is 5.25. The van der Waals surface area contributed by atoms with Crippen molar-refractivity contribution in [1.82, 2.24) is 14.8 Å². The van der Waals surface area contributed by atoms with Gasteiger partial charge in [0.05, 0.1) is 19.9 Å². The first-order valence-corrected chi connectivity index (χ1v) is 11.2. The van der Waals surface area contributed by atoms with Crippen LogP contribution in [0.5, 0.6) is 11.5 Å². The molecule has 0 atom stereocenters. The van der Waals surface area contributed by atoms with E-state index in [0.29, 0.717) is 23.7 Å². The third kappa shape index (κ3) is 4.55. The third-order valence-electron chi connectivity index (χ3n) is 5.59. The lowest BCUT2D eigenvalue weighted by molar-refractivity contribution is 0.251. The van der Waals surface area contributed by atoms with Crippen molar-refractivity contribution in [2.75, 3.05) is 32.6 Å². The van der Waals surface area contributed by atoms with Crippen molar-refractivity contribution < 1.29 is 14.3 Å². The van der Waals surface area contributed by atoms with Gasteiger partial charge >= 0.3 is 6.03 Å². The van der Waals surface area contributed by atoms with Crippen LogP contribution in [0.4, 0.5) is 10.5 Å². The van der Waals surface area contributed by atoms with Crippen molar-refractivity contribution in [2.45, 2.75) is 26.4 Å². The number of carbonyl (C=O) groups excluding carboxylic acids is 1. The molecule has 3 aromatic rings. The van der Waals surface area contributed by atoms with Crippen LogP contribution in [0.2, 0.25) is 0 Å². The topological polar surface area (TPSA) is 67.8 Å². The summed E-state index contributed by atoms with van der Waals surface area (Å²) in [7, 11) is 3.16.